The third-order valence-corrected chi connectivity index (χ3v) is 2.73. The number of ether oxygens (including phenoxy) is 2. The molecule has 0 bridgehead atoms. The molecular formula is C15H23NO3. The van der Waals surface area contributed by atoms with Gasteiger partial charge in [-0.25, -0.2) is 4.79 Å². The van der Waals surface area contributed by atoms with Gasteiger partial charge in [-0.15, -0.1) is 0 Å². The van der Waals surface area contributed by atoms with Gasteiger partial charge < -0.3 is 14.4 Å². The summed E-state index contributed by atoms with van der Waals surface area (Å²) in [7, 11) is 3.79. The highest BCUT2D eigenvalue weighted by Gasteiger charge is 2.16. The second-order valence-corrected chi connectivity index (χ2v) is 4.61. The molecule has 19 heavy (non-hydrogen) atoms. The fourth-order valence-electron chi connectivity index (χ4n) is 1.68. The van der Waals surface area contributed by atoms with E-state index in [1.54, 1.807) is 13.0 Å². The number of esters is 1. The molecule has 4 heteroatoms. The molecule has 0 spiro atoms. The summed E-state index contributed by atoms with van der Waals surface area (Å²) < 4.78 is 10.7. The Morgan fingerprint density at radius 3 is 2.63 bits per heavy atom. The normalized spacial score (nSPS) is 12.0. The lowest BCUT2D eigenvalue weighted by Crippen LogP contribution is -2.21. The van der Waals surface area contributed by atoms with Crippen molar-refractivity contribution >= 4 is 11.7 Å². The van der Waals surface area contributed by atoms with Crippen LogP contribution in [0, 0.1) is 0 Å². The minimum absolute atomic E-state index is 0.353. The van der Waals surface area contributed by atoms with Crippen molar-refractivity contribution in [2.45, 2.75) is 33.0 Å². The summed E-state index contributed by atoms with van der Waals surface area (Å²) in [6.45, 7) is 4.44. The second kappa shape index (κ2) is 7.79. The minimum atomic E-state index is -0.519. The first-order chi connectivity index (χ1) is 9.06. The Balaban J connectivity index is 2.63. The number of rotatable bonds is 7. The van der Waals surface area contributed by atoms with Crippen molar-refractivity contribution in [2.75, 3.05) is 25.6 Å². The fourth-order valence-corrected chi connectivity index (χ4v) is 1.68. The molecule has 1 unspecified atom stereocenters. The molecule has 4 nitrogen and oxygen atoms in total. The lowest BCUT2D eigenvalue weighted by Gasteiger charge is -2.18. The zero-order valence-electron chi connectivity index (χ0n) is 12.2. The van der Waals surface area contributed by atoms with Crippen molar-refractivity contribution in [3.05, 3.63) is 29.8 Å². The van der Waals surface area contributed by atoms with Crippen LogP contribution in [-0.4, -0.2) is 33.0 Å². The quantitative estimate of drug-likeness (QED) is 0.431. The molecule has 0 aromatic heterocycles. The van der Waals surface area contributed by atoms with Crippen molar-refractivity contribution in [3.63, 3.8) is 0 Å². The van der Waals surface area contributed by atoms with E-state index in [1.165, 1.54) is 0 Å². The lowest BCUT2D eigenvalue weighted by molar-refractivity contribution is -0.0984. The zero-order valence-corrected chi connectivity index (χ0v) is 12.2. The van der Waals surface area contributed by atoms with Crippen LogP contribution in [0.3, 0.4) is 0 Å². The maximum absolute atomic E-state index is 12.1. The van der Waals surface area contributed by atoms with Gasteiger partial charge in [0.2, 0.25) is 0 Å². The number of anilines is 1. The monoisotopic (exact) mass is 265 g/mol. The van der Waals surface area contributed by atoms with Gasteiger partial charge in [-0.3, -0.25) is 0 Å². The largest absolute Gasteiger partial charge is 0.432 e. The van der Waals surface area contributed by atoms with Crippen LogP contribution in [0.5, 0.6) is 0 Å². The van der Waals surface area contributed by atoms with Gasteiger partial charge in [-0.1, -0.05) is 25.5 Å². The molecule has 1 aromatic rings. The van der Waals surface area contributed by atoms with Crippen molar-refractivity contribution in [3.8, 4) is 0 Å². The van der Waals surface area contributed by atoms with Gasteiger partial charge in [0.25, 0.3) is 0 Å². The van der Waals surface area contributed by atoms with Gasteiger partial charge in [0.15, 0.2) is 6.29 Å². The molecule has 0 aliphatic rings. The molecule has 0 saturated heterocycles. The average molecular weight is 265 g/mol. The van der Waals surface area contributed by atoms with Gasteiger partial charge >= 0.3 is 5.97 Å². The highest BCUT2D eigenvalue weighted by molar-refractivity contribution is 5.95. The number of carbonyl (C=O) groups excluding carboxylic acids is 1. The van der Waals surface area contributed by atoms with Crippen LogP contribution >= 0.6 is 0 Å². The molecule has 0 fully saturated rings. The van der Waals surface area contributed by atoms with Gasteiger partial charge in [-0.05, 0) is 25.5 Å². The molecule has 1 rings (SSSR count). The highest BCUT2D eigenvalue weighted by Crippen LogP contribution is 2.19. The summed E-state index contributed by atoms with van der Waals surface area (Å²) in [5, 5.41) is 0. The Morgan fingerprint density at radius 1 is 1.32 bits per heavy atom. The van der Waals surface area contributed by atoms with Gasteiger partial charge in [0.1, 0.15) is 0 Å². The van der Waals surface area contributed by atoms with E-state index >= 15 is 0 Å². The van der Waals surface area contributed by atoms with E-state index in [4.69, 9.17) is 9.47 Å². The van der Waals surface area contributed by atoms with E-state index in [0.29, 0.717) is 12.2 Å². The maximum Gasteiger partial charge on any atom is 0.342 e. The van der Waals surface area contributed by atoms with Gasteiger partial charge in [0, 0.05) is 14.1 Å². The van der Waals surface area contributed by atoms with Crippen molar-refractivity contribution in [1.82, 2.24) is 0 Å². The number of hydrogen-bond acceptors (Lipinski definition) is 4. The van der Waals surface area contributed by atoms with Crippen LogP contribution < -0.4 is 4.90 Å². The summed E-state index contributed by atoms with van der Waals surface area (Å²) in [5.74, 6) is -0.353. The highest BCUT2D eigenvalue weighted by atomic mass is 16.7. The van der Waals surface area contributed by atoms with Crippen LogP contribution in [0.1, 0.15) is 37.0 Å². The third-order valence-electron chi connectivity index (χ3n) is 2.73. The third kappa shape index (κ3) is 4.91. The van der Waals surface area contributed by atoms with Gasteiger partial charge in [-0.2, -0.15) is 0 Å². The number of hydrogen-bond donors (Lipinski definition) is 0. The van der Waals surface area contributed by atoms with Crippen LogP contribution in [-0.2, 0) is 9.47 Å². The van der Waals surface area contributed by atoms with Crippen molar-refractivity contribution in [2.24, 2.45) is 0 Å². The molecule has 0 N–H and O–H groups in total. The lowest BCUT2D eigenvalue weighted by atomic mass is 10.1. The van der Waals surface area contributed by atoms with Crippen LogP contribution in [0.2, 0.25) is 0 Å². The van der Waals surface area contributed by atoms with Crippen LogP contribution in [0.15, 0.2) is 24.3 Å². The van der Waals surface area contributed by atoms with Crippen LogP contribution in [0.4, 0.5) is 5.69 Å². The van der Waals surface area contributed by atoms with E-state index in [-0.39, 0.29) is 5.97 Å². The first kappa shape index (κ1) is 15.5. The topological polar surface area (TPSA) is 38.8 Å². The Morgan fingerprint density at radius 2 is 2.00 bits per heavy atom. The SMILES string of the molecule is CCCCOC(C)OC(=O)c1ccccc1N(C)C. The smallest absolute Gasteiger partial charge is 0.342 e. The summed E-state index contributed by atoms with van der Waals surface area (Å²) in [6, 6.07) is 7.37. The zero-order chi connectivity index (χ0) is 14.3. The number of para-hydroxylation sites is 1. The van der Waals surface area contributed by atoms with Crippen molar-refractivity contribution in [1.29, 1.82) is 0 Å². The van der Waals surface area contributed by atoms with E-state index in [2.05, 4.69) is 6.92 Å². The molecule has 106 valence electrons. The van der Waals surface area contributed by atoms with Crippen LogP contribution in [0.25, 0.3) is 0 Å². The number of carbonyl (C=O) groups is 1. The van der Waals surface area contributed by atoms with Gasteiger partial charge in [0.05, 0.1) is 17.9 Å². The molecule has 0 heterocycles. The molecule has 0 amide bonds. The van der Waals surface area contributed by atoms with E-state index in [1.807, 2.05) is 37.2 Å². The molecule has 1 aromatic carbocycles. The predicted molar refractivity (Wildman–Crippen MR) is 76.5 cm³/mol. The summed E-state index contributed by atoms with van der Waals surface area (Å²) in [6.07, 6.45) is 1.51. The molecule has 1 atom stereocenters. The van der Waals surface area contributed by atoms with E-state index in [9.17, 15) is 4.79 Å². The molecule has 0 radical (unpaired) electrons. The van der Waals surface area contributed by atoms with E-state index in [0.717, 1.165) is 18.5 Å². The predicted octanol–water partition coefficient (Wildman–Crippen LogP) is 3.07. The fraction of sp³-hybridized carbons (Fsp3) is 0.533. The molecule has 0 aliphatic heterocycles. The van der Waals surface area contributed by atoms with Crippen molar-refractivity contribution < 1.29 is 14.3 Å². The number of benzene rings is 1. The summed E-state index contributed by atoms with van der Waals surface area (Å²) >= 11 is 0. The Kier molecular flexibility index (Phi) is 6.36. The number of unbranched alkanes of at least 4 members (excludes halogenated alkanes) is 1. The second-order valence-electron chi connectivity index (χ2n) is 4.61. The summed E-state index contributed by atoms with van der Waals surface area (Å²) in [4.78, 5) is 14.0. The Hall–Kier alpha value is -1.55. The minimum Gasteiger partial charge on any atom is -0.432 e. The number of nitrogens with zero attached hydrogens (tertiary/aromatic N) is 1. The Labute approximate surface area is 115 Å². The first-order valence-electron chi connectivity index (χ1n) is 6.65. The summed E-state index contributed by atoms with van der Waals surface area (Å²) in [5.41, 5.74) is 1.40. The standard InChI is InChI=1S/C15H23NO3/c1-5-6-11-18-12(2)19-15(17)13-9-7-8-10-14(13)16(3)4/h7-10,12H,5-6,11H2,1-4H3. The first-order valence-corrected chi connectivity index (χ1v) is 6.65. The Bertz CT molecular complexity index is 404. The average Bonchev–Trinajstić information content (AvgIpc) is 2.39. The van der Waals surface area contributed by atoms with E-state index < -0.39 is 6.29 Å². The molecular weight excluding hydrogens is 242 g/mol. The maximum atomic E-state index is 12.1. The molecule has 0 saturated carbocycles. The molecule has 0 aliphatic carbocycles.